The predicted molar refractivity (Wildman–Crippen MR) is 105 cm³/mol. The van der Waals surface area contributed by atoms with Crippen molar-refractivity contribution in [2.45, 2.75) is 0 Å². The van der Waals surface area contributed by atoms with Crippen molar-refractivity contribution in [2.75, 3.05) is 14.1 Å². The third-order valence-corrected chi connectivity index (χ3v) is 9.80. The fourth-order valence-corrected chi connectivity index (χ4v) is 8.11. The highest BCUT2D eigenvalue weighted by atomic mass is 32.5. The van der Waals surface area contributed by atoms with Gasteiger partial charge in [0.1, 0.15) is 11.5 Å². The first-order chi connectivity index (χ1) is 11.4. The summed E-state index contributed by atoms with van der Waals surface area (Å²) in [7, 11) is 3.64. The molecule has 1 heterocycles. The van der Waals surface area contributed by atoms with E-state index >= 15 is 0 Å². The molecule has 0 aliphatic carbocycles. The molecule has 2 atom stereocenters. The minimum Gasteiger partial charge on any atom is -0.439 e. The molecule has 128 valence electrons. The van der Waals surface area contributed by atoms with Crippen LogP contribution in [0.3, 0.4) is 0 Å². The van der Waals surface area contributed by atoms with Gasteiger partial charge >= 0.3 is 0 Å². The molecule has 10 heteroatoms. The zero-order valence-corrected chi connectivity index (χ0v) is 16.6. The highest BCUT2D eigenvalue weighted by Gasteiger charge is 2.42. The molecule has 2 N–H and O–H groups in total. The van der Waals surface area contributed by atoms with Crippen molar-refractivity contribution in [1.82, 2.24) is 20.0 Å². The standard InChI is InChI=1S/C14H18N4O2P2S2/c1-17-15-22(24,20-14-11-7-4-8-12-14)18(2)16-21(17,23)19-13-9-5-3-6-10-13/h3-12H,1-2H3,(H,15,24)(H,16,23). The second kappa shape index (κ2) is 7.20. The summed E-state index contributed by atoms with van der Waals surface area (Å²) in [6, 6.07) is 18.9. The Labute approximate surface area is 152 Å². The van der Waals surface area contributed by atoms with E-state index in [4.69, 9.17) is 32.7 Å². The van der Waals surface area contributed by atoms with Crippen molar-refractivity contribution in [2.24, 2.45) is 0 Å². The zero-order chi connectivity index (χ0) is 17.2. The monoisotopic (exact) mass is 400 g/mol. The summed E-state index contributed by atoms with van der Waals surface area (Å²) in [5.74, 6) is 1.41. The van der Waals surface area contributed by atoms with E-state index in [1.54, 1.807) is 9.56 Å². The molecule has 0 bridgehead atoms. The molecule has 2 unspecified atom stereocenters. The molecule has 1 saturated heterocycles. The van der Waals surface area contributed by atoms with Crippen molar-refractivity contribution < 1.29 is 9.05 Å². The molecule has 0 amide bonds. The minimum atomic E-state index is -2.55. The third-order valence-electron chi connectivity index (χ3n) is 3.28. The summed E-state index contributed by atoms with van der Waals surface area (Å²) >= 11 is 11.4. The van der Waals surface area contributed by atoms with E-state index < -0.39 is 13.1 Å². The summed E-state index contributed by atoms with van der Waals surface area (Å²) in [6.07, 6.45) is 0. The molecule has 0 saturated carbocycles. The van der Waals surface area contributed by atoms with Crippen LogP contribution >= 0.6 is 13.1 Å². The van der Waals surface area contributed by atoms with E-state index in [9.17, 15) is 0 Å². The number of rotatable bonds is 4. The van der Waals surface area contributed by atoms with Crippen molar-refractivity contribution in [1.29, 1.82) is 0 Å². The van der Waals surface area contributed by atoms with Crippen LogP contribution < -0.4 is 19.4 Å². The van der Waals surface area contributed by atoms with Gasteiger partial charge in [0.15, 0.2) is 0 Å². The molecule has 2 aromatic carbocycles. The third kappa shape index (κ3) is 3.87. The Balaban J connectivity index is 1.78. The van der Waals surface area contributed by atoms with Gasteiger partial charge in [0.05, 0.1) is 0 Å². The summed E-state index contributed by atoms with van der Waals surface area (Å²) in [5.41, 5.74) is 0. The SMILES string of the molecule is CN1NP(=S)(Oc2ccccc2)N(C)NP1(=S)Oc1ccccc1. The fourth-order valence-electron chi connectivity index (χ4n) is 2.03. The average Bonchev–Trinajstić information content (AvgIpc) is 2.55. The van der Waals surface area contributed by atoms with Gasteiger partial charge < -0.3 is 9.05 Å². The highest BCUT2D eigenvalue weighted by Crippen LogP contribution is 2.58. The summed E-state index contributed by atoms with van der Waals surface area (Å²) in [6.45, 7) is -5.11. The number of nitrogens with zero attached hydrogens (tertiary/aromatic N) is 2. The number of nitrogens with one attached hydrogen (secondary N) is 2. The van der Waals surface area contributed by atoms with E-state index in [0.29, 0.717) is 11.5 Å². The van der Waals surface area contributed by atoms with Crippen LogP contribution in [0.25, 0.3) is 0 Å². The molecule has 1 aliphatic heterocycles. The number of para-hydroxylation sites is 2. The second-order valence-electron chi connectivity index (χ2n) is 5.10. The van der Waals surface area contributed by atoms with Gasteiger partial charge in [-0.2, -0.15) is 20.0 Å². The van der Waals surface area contributed by atoms with Gasteiger partial charge in [-0.05, 0) is 47.9 Å². The first-order valence-electron chi connectivity index (χ1n) is 7.15. The van der Waals surface area contributed by atoms with Crippen LogP contribution in [0.5, 0.6) is 11.5 Å². The molecule has 2 aromatic rings. The number of benzene rings is 2. The number of hydrogen-bond acceptors (Lipinski definition) is 4. The lowest BCUT2D eigenvalue weighted by molar-refractivity contribution is 0.318. The van der Waals surface area contributed by atoms with Gasteiger partial charge in [-0.3, -0.25) is 0 Å². The van der Waals surface area contributed by atoms with Gasteiger partial charge in [0, 0.05) is 14.1 Å². The van der Waals surface area contributed by atoms with Crippen LogP contribution in [0.2, 0.25) is 0 Å². The second-order valence-corrected chi connectivity index (χ2v) is 12.1. The summed E-state index contributed by atoms with van der Waals surface area (Å²) < 4.78 is 15.5. The lowest BCUT2D eigenvalue weighted by Gasteiger charge is -2.46. The summed E-state index contributed by atoms with van der Waals surface area (Å²) in [5, 5.41) is 6.44. The molecule has 6 nitrogen and oxygen atoms in total. The van der Waals surface area contributed by atoms with Gasteiger partial charge in [0.25, 0.3) is 13.1 Å². The first kappa shape index (κ1) is 18.0. The predicted octanol–water partition coefficient (Wildman–Crippen LogP) is 3.48. The maximum absolute atomic E-state index is 6.02. The van der Waals surface area contributed by atoms with Crippen LogP contribution in [0.1, 0.15) is 0 Å². The van der Waals surface area contributed by atoms with Gasteiger partial charge in [-0.25, -0.2) is 0 Å². The minimum absolute atomic E-state index is 0.703. The van der Waals surface area contributed by atoms with Gasteiger partial charge in [-0.1, -0.05) is 36.4 Å². The van der Waals surface area contributed by atoms with Crippen molar-refractivity contribution in [3.8, 4) is 11.5 Å². The zero-order valence-electron chi connectivity index (χ0n) is 13.2. The van der Waals surface area contributed by atoms with E-state index in [-0.39, 0.29) is 0 Å². The maximum Gasteiger partial charge on any atom is 0.278 e. The Kier molecular flexibility index (Phi) is 5.39. The first-order valence-corrected chi connectivity index (χ1v) is 12.5. The molecule has 1 fully saturated rings. The molecule has 24 heavy (non-hydrogen) atoms. The molecule has 3 rings (SSSR count). The quantitative estimate of drug-likeness (QED) is 0.757. The Morgan fingerprint density at radius 2 is 1.04 bits per heavy atom. The number of hydrogen-bond donors (Lipinski definition) is 2. The lowest BCUT2D eigenvalue weighted by Crippen LogP contribution is -2.51. The number of hydrazine groups is 2. The molecular formula is C14H18N4O2P2S2. The Morgan fingerprint density at radius 3 is 1.38 bits per heavy atom. The highest BCUT2D eigenvalue weighted by molar-refractivity contribution is 8.13. The van der Waals surface area contributed by atoms with E-state index in [0.717, 1.165) is 0 Å². The van der Waals surface area contributed by atoms with Crippen LogP contribution in [-0.2, 0) is 23.6 Å². The average molecular weight is 400 g/mol. The van der Waals surface area contributed by atoms with Gasteiger partial charge in [-0.15, -0.1) is 0 Å². The maximum atomic E-state index is 6.02. The molecule has 0 spiro atoms. The Morgan fingerprint density at radius 1 is 0.708 bits per heavy atom. The smallest absolute Gasteiger partial charge is 0.278 e. The molecule has 0 radical (unpaired) electrons. The van der Waals surface area contributed by atoms with Crippen molar-refractivity contribution >= 4 is 36.7 Å². The van der Waals surface area contributed by atoms with Crippen LogP contribution in [0.15, 0.2) is 60.7 Å². The topological polar surface area (TPSA) is 49.0 Å². The van der Waals surface area contributed by atoms with Gasteiger partial charge in [0.2, 0.25) is 0 Å². The van der Waals surface area contributed by atoms with E-state index in [2.05, 4.69) is 10.4 Å². The van der Waals surface area contributed by atoms with Crippen molar-refractivity contribution in [3.05, 3.63) is 60.7 Å². The fraction of sp³-hybridized carbons (Fsp3) is 0.143. The molecular weight excluding hydrogens is 382 g/mol. The lowest BCUT2D eigenvalue weighted by atomic mass is 10.3. The van der Waals surface area contributed by atoms with Crippen LogP contribution in [-0.4, -0.2) is 23.7 Å². The van der Waals surface area contributed by atoms with Crippen LogP contribution in [0, 0.1) is 0 Å². The normalized spacial score (nSPS) is 28.4. The summed E-state index contributed by atoms with van der Waals surface area (Å²) in [4.78, 5) is 0. The Hall–Kier alpha value is -0.820. The van der Waals surface area contributed by atoms with E-state index in [1.807, 2.05) is 74.8 Å². The van der Waals surface area contributed by atoms with Crippen LogP contribution in [0.4, 0.5) is 0 Å². The van der Waals surface area contributed by atoms with Crippen molar-refractivity contribution in [3.63, 3.8) is 0 Å². The molecule has 1 aliphatic rings. The largest absolute Gasteiger partial charge is 0.439 e. The van der Waals surface area contributed by atoms with E-state index in [1.165, 1.54) is 0 Å². The Bertz CT molecular complexity index is 726. The molecule has 0 aromatic heterocycles.